The molecule has 0 bridgehead atoms. The van der Waals surface area contributed by atoms with E-state index >= 15 is 0 Å². The van der Waals surface area contributed by atoms with Gasteiger partial charge in [0.2, 0.25) is 0 Å². The van der Waals surface area contributed by atoms with Gasteiger partial charge in [0.05, 0.1) is 17.7 Å². The highest BCUT2D eigenvalue weighted by Gasteiger charge is 2.14. The molecule has 6 heteroatoms. The normalized spacial score (nSPS) is 10.7. The lowest BCUT2D eigenvalue weighted by Gasteiger charge is -2.08. The fraction of sp³-hybridized carbons (Fsp3) is 0.300. The fourth-order valence-corrected chi connectivity index (χ4v) is 2.77. The molecule has 0 aromatic heterocycles. The zero-order valence-electron chi connectivity index (χ0n) is 14.6. The Kier molecular flexibility index (Phi) is 7.49. The van der Waals surface area contributed by atoms with Gasteiger partial charge in [0.15, 0.2) is 0 Å². The molecule has 0 heterocycles. The van der Waals surface area contributed by atoms with Crippen LogP contribution in [-0.4, -0.2) is 18.5 Å². The molecule has 0 unspecified atom stereocenters. The van der Waals surface area contributed by atoms with Gasteiger partial charge in [0.25, 0.3) is 0 Å². The van der Waals surface area contributed by atoms with Gasteiger partial charge in [-0.1, -0.05) is 43.1 Å². The summed E-state index contributed by atoms with van der Waals surface area (Å²) in [7, 11) is 0. The Balaban J connectivity index is 2.01. The van der Waals surface area contributed by atoms with E-state index in [1.807, 2.05) is 0 Å². The molecule has 0 atom stereocenters. The first kappa shape index (κ1) is 20.3. The Hall–Kier alpha value is -2.04. The lowest BCUT2D eigenvalue weighted by Crippen LogP contribution is -2.11. The third kappa shape index (κ3) is 6.36. The highest BCUT2D eigenvalue weighted by atomic mass is 35.5. The van der Waals surface area contributed by atoms with Gasteiger partial charge in [0.1, 0.15) is 5.75 Å². The van der Waals surface area contributed by atoms with E-state index in [1.54, 1.807) is 18.2 Å². The second kappa shape index (κ2) is 9.60. The number of rotatable bonds is 7. The van der Waals surface area contributed by atoms with E-state index < -0.39 is 11.9 Å². The Morgan fingerprint density at radius 3 is 2.19 bits per heavy atom. The van der Waals surface area contributed by atoms with Crippen LogP contribution in [0, 0.1) is 5.92 Å². The minimum Gasteiger partial charge on any atom is -0.462 e. The summed E-state index contributed by atoms with van der Waals surface area (Å²) in [5, 5.41) is 0.720. The summed E-state index contributed by atoms with van der Waals surface area (Å²) >= 11 is 11.8. The van der Waals surface area contributed by atoms with Crippen molar-refractivity contribution in [3.63, 3.8) is 0 Å². The number of esters is 2. The first-order valence-corrected chi connectivity index (χ1v) is 9.06. The van der Waals surface area contributed by atoms with Crippen molar-refractivity contribution in [1.82, 2.24) is 0 Å². The average Bonchev–Trinajstić information content (AvgIpc) is 2.57. The zero-order chi connectivity index (χ0) is 19.1. The molecule has 0 aliphatic heterocycles. The Bertz CT molecular complexity index is 767. The predicted octanol–water partition coefficient (Wildman–Crippen LogP) is 5.81. The number of benzene rings is 2. The van der Waals surface area contributed by atoms with E-state index in [0.717, 1.165) is 12.8 Å². The summed E-state index contributed by atoms with van der Waals surface area (Å²) in [5.74, 6) is -0.284. The molecule has 0 amide bonds. The smallest absolute Gasteiger partial charge is 0.343 e. The summed E-state index contributed by atoms with van der Waals surface area (Å²) in [6, 6.07) is 10.7. The summed E-state index contributed by atoms with van der Waals surface area (Å²) in [6.07, 6.45) is 1.79. The lowest BCUT2D eigenvalue weighted by molar-refractivity contribution is 0.0494. The largest absolute Gasteiger partial charge is 0.462 e. The monoisotopic (exact) mass is 394 g/mol. The van der Waals surface area contributed by atoms with Gasteiger partial charge in [-0.2, -0.15) is 0 Å². The summed E-state index contributed by atoms with van der Waals surface area (Å²) in [6.45, 7) is 4.58. The zero-order valence-corrected chi connectivity index (χ0v) is 16.1. The summed E-state index contributed by atoms with van der Waals surface area (Å²) in [4.78, 5) is 24.4. The molecule has 2 aromatic rings. The second-order valence-electron chi connectivity index (χ2n) is 6.25. The van der Waals surface area contributed by atoms with Crippen LogP contribution >= 0.6 is 23.2 Å². The van der Waals surface area contributed by atoms with Crippen molar-refractivity contribution in [3.05, 3.63) is 63.6 Å². The van der Waals surface area contributed by atoms with Gasteiger partial charge in [-0.05, 0) is 55.2 Å². The van der Waals surface area contributed by atoms with Crippen LogP contribution in [0.25, 0.3) is 0 Å². The third-order valence-electron chi connectivity index (χ3n) is 3.54. The van der Waals surface area contributed by atoms with Crippen molar-refractivity contribution in [2.45, 2.75) is 26.7 Å². The SMILES string of the molecule is CC(C)CCCOC(=O)c1cccc(C(=O)Oc2cc(Cl)cc(Cl)c2)c1. The van der Waals surface area contributed by atoms with E-state index in [0.29, 0.717) is 28.1 Å². The average molecular weight is 395 g/mol. The standard InChI is InChI=1S/C20H20Cl2O4/c1-13(2)5-4-8-25-19(23)14-6-3-7-15(9-14)20(24)26-18-11-16(21)10-17(22)12-18/h3,6-7,9-13H,4-5,8H2,1-2H3. The quantitative estimate of drug-likeness (QED) is 0.338. The maximum Gasteiger partial charge on any atom is 0.343 e. The van der Waals surface area contributed by atoms with E-state index in [4.69, 9.17) is 32.7 Å². The molecular formula is C20H20Cl2O4. The van der Waals surface area contributed by atoms with Gasteiger partial charge in [-0.3, -0.25) is 0 Å². The van der Waals surface area contributed by atoms with Crippen LogP contribution in [0.15, 0.2) is 42.5 Å². The molecule has 0 saturated heterocycles. The van der Waals surface area contributed by atoms with Crippen molar-refractivity contribution in [3.8, 4) is 5.75 Å². The number of hydrogen-bond acceptors (Lipinski definition) is 4. The molecule has 0 N–H and O–H groups in total. The number of ether oxygens (including phenoxy) is 2. The van der Waals surface area contributed by atoms with Gasteiger partial charge < -0.3 is 9.47 Å². The Morgan fingerprint density at radius 1 is 0.962 bits per heavy atom. The molecule has 4 nitrogen and oxygen atoms in total. The van der Waals surface area contributed by atoms with Crippen LogP contribution in [-0.2, 0) is 4.74 Å². The van der Waals surface area contributed by atoms with Crippen LogP contribution < -0.4 is 4.74 Å². The lowest BCUT2D eigenvalue weighted by atomic mass is 10.1. The maximum absolute atomic E-state index is 12.3. The molecule has 0 spiro atoms. The maximum atomic E-state index is 12.3. The highest BCUT2D eigenvalue weighted by molar-refractivity contribution is 6.34. The predicted molar refractivity (Wildman–Crippen MR) is 102 cm³/mol. The minimum atomic E-state index is -0.613. The second-order valence-corrected chi connectivity index (χ2v) is 7.12. The molecule has 0 fully saturated rings. The first-order valence-electron chi connectivity index (χ1n) is 8.30. The van der Waals surface area contributed by atoms with Crippen molar-refractivity contribution in [1.29, 1.82) is 0 Å². The molecule has 0 aliphatic carbocycles. The van der Waals surface area contributed by atoms with Crippen LogP contribution in [0.3, 0.4) is 0 Å². The van der Waals surface area contributed by atoms with Gasteiger partial charge >= 0.3 is 11.9 Å². The van der Waals surface area contributed by atoms with Crippen LogP contribution in [0.5, 0.6) is 5.75 Å². The third-order valence-corrected chi connectivity index (χ3v) is 3.98. The molecule has 2 aromatic carbocycles. The molecular weight excluding hydrogens is 375 g/mol. The van der Waals surface area contributed by atoms with Gasteiger partial charge in [-0.15, -0.1) is 0 Å². The molecule has 0 saturated carbocycles. The van der Waals surface area contributed by atoms with E-state index in [-0.39, 0.29) is 11.3 Å². The Labute approximate surface area is 163 Å². The fourth-order valence-electron chi connectivity index (χ4n) is 2.27. The number of halogens is 2. The van der Waals surface area contributed by atoms with E-state index in [1.165, 1.54) is 24.3 Å². The van der Waals surface area contributed by atoms with Crippen molar-refractivity contribution >= 4 is 35.1 Å². The molecule has 0 aliphatic rings. The van der Waals surface area contributed by atoms with Gasteiger partial charge in [-0.25, -0.2) is 9.59 Å². The first-order chi connectivity index (χ1) is 12.3. The molecule has 2 rings (SSSR count). The van der Waals surface area contributed by atoms with Crippen molar-refractivity contribution < 1.29 is 19.1 Å². The van der Waals surface area contributed by atoms with Crippen LogP contribution in [0.1, 0.15) is 47.4 Å². The van der Waals surface area contributed by atoms with E-state index in [2.05, 4.69) is 13.8 Å². The topological polar surface area (TPSA) is 52.6 Å². The minimum absolute atomic E-state index is 0.231. The Morgan fingerprint density at radius 2 is 1.58 bits per heavy atom. The number of hydrogen-bond donors (Lipinski definition) is 0. The summed E-state index contributed by atoms with van der Waals surface area (Å²) < 4.78 is 10.5. The van der Waals surface area contributed by atoms with Crippen molar-refractivity contribution in [2.24, 2.45) is 5.92 Å². The molecule has 26 heavy (non-hydrogen) atoms. The number of carbonyl (C=O) groups is 2. The highest BCUT2D eigenvalue weighted by Crippen LogP contribution is 2.25. The molecule has 138 valence electrons. The van der Waals surface area contributed by atoms with Crippen molar-refractivity contribution in [2.75, 3.05) is 6.61 Å². The van der Waals surface area contributed by atoms with Gasteiger partial charge in [0, 0.05) is 10.0 Å². The van der Waals surface area contributed by atoms with E-state index in [9.17, 15) is 9.59 Å². The van der Waals surface area contributed by atoms with Crippen LogP contribution in [0.2, 0.25) is 10.0 Å². The summed E-state index contributed by atoms with van der Waals surface area (Å²) in [5.41, 5.74) is 0.533. The van der Waals surface area contributed by atoms with Crippen LogP contribution in [0.4, 0.5) is 0 Å². The molecule has 0 radical (unpaired) electrons. The number of carbonyl (C=O) groups excluding carboxylic acids is 2.